The number of rotatable bonds is 7. The van der Waals surface area contributed by atoms with Crippen LogP contribution in [0, 0.1) is 11.3 Å². The van der Waals surface area contributed by atoms with E-state index in [0.29, 0.717) is 16.5 Å². The molecule has 1 aliphatic carbocycles. The zero-order chi connectivity index (χ0) is 23.4. The first-order chi connectivity index (χ1) is 15.2. The van der Waals surface area contributed by atoms with Crippen LogP contribution in [0.5, 0.6) is 0 Å². The van der Waals surface area contributed by atoms with Crippen molar-refractivity contribution in [3.8, 4) is 0 Å². The first-order valence-corrected chi connectivity index (χ1v) is 12.9. The molecule has 0 radical (unpaired) electrons. The molecule has 2 nitrogen and oxygen atoms in total. The normalized spacial score (nSPS) is 28.5. The predicted octanol–water partition coefficient (Wildman–Crippen LogP) is 7.99. The molecule has 32 heavy (non-hydrogen) atoms. The zero-order valence-corrected chi connectivity index (χ0v) is 21.6. The van der Waals surface area contributed by atoms with Crippen LogP contribution in [0.1, 0.15) is 84.7 Å². The summed E-state index contributed by atoms with van der Waals surface area (Å²) in [5.41, 5.74) is 3.08. The van der Waals surface area contributed by atoms with Gasteiger partial charge in [0.2, 0.25) is 0 Å². The molecule has 0 bridgehead atoms. The van der Waals surface area contributed by atoms with Gasteiger partial charge in [0.1, 0.15) is 0 Å². The van der Waals surface area contributed by atoms with Crippen molar-refractivity contribution in [2.75, 3.05) is 6.54 Å². The predicted molar refractivity (Wildman–Crippen MR) is 140 cm³/mol. The van der Waals surface area contributed by atoms with Crippen LogP contribution in [0.25, 0.3) is 0 Å². The summed E-state index contributed by atoms with van der Waals surface area (Å²) in [6, 6.07) is 11.8. The highest BCUT2D eigenvalue weighted by Crippen LogP contribution is 2.48. The van der Waals surface area contributed by atoms with Crippen molar-refractivity contribution >= 4 is 11.6 Å². The first kappa shape index (κ1) is 25.3. The summed E-state index contributed by atoms with van der Waals surface area (Å²) >= 11 is 6.23. The second-order valence-electron chi connectivity index (χ2n) is 10.8. The highest BCUT2D eigenvalue weighted by molar-refractivity contribution is 6.30. The Morgan fingerprint density at radius 1 is 1.25 bits per heavy atom. The minimum absolute atomic E-state index is 0.0381. The van der Waals surface area contributed by atoms with Crippen molar-refractivity contribution in [3.05, 3.63) is 71.3 Å². The third kappa shape index (κ3) is 5.76. The lowest BCUT2D eigenvalue weighted by atomic mass is 9.69. The summed E-state index contributed by atoms with van der Waals surface area (Å²) in [5, 5.41) is 4.73. The van der Waals surface area contributed by atoms with Crippen molar-refractivity contribution in [2.45, 2.75) is 90.9 Å². The van der Waals surface area contributed by atoms with Crippen molar-refractivity contribution < 1.29 is 0 Å². The number of halogens is 1. The molecule has 3 heteroatoms. The lowest BCUT2D eigenvalue weighted by molar-refractivity contribution is 0.00206. The highest BCUT2D eigenvalue weighted by Gasteiger charge is 2.50. The van der Waals surface area contributed by atoms with E-state index < -0.39 is 0 Å². The molecule has 1 heterocycles. The van der Waals surface area contributed by atoms with Gasteiger partial charge in [0.05, 0.1) is 5.66 Å². The van der Waals surface area contributed by atoms with Crippen molar-refractivity contribution in [3.63, 3.8) is 0 Å². The number of nitrogens with zero attached hydrogens (tertiary/aromatic N) is 1. The van der Waals surface area contributed by atoms with Crippen molar-refractivity contribution in [2.24, 2.45) is 11.3 Å². The molecule has 1 aromatic carbocycles. The molecular formula is C29H43ClN2. The smallest absolute Gasteiger partial charge is 0.0723 e. The van der Waals surface area contributed by atoms with Crippen LogP contribution in [-0.4, -0.2) is 23.1 Å². The Bertz CT molecular complexity index is 809. The molecule has 1 spiro atoms. The summed E-state index contributed by atoms with van der Waals surface area (Å²) in [6.45, 7) is 16.5. The van der Waals surface area contributed by atoms with Gasteiger partial charge in [-0.05, 0) is 67.6 Å². The Kier molecular flexibility index (Phi) is 8.47. The summed E-state index contributed by atoms with van der Waals surface area (Å²) in [5.74, 6) is 0.783. The van der Waals surface area contributed by atoms with Crippen LogP contribution >= 0.6 is 11.6 Å². The fourth-order valence-electron chi connectivity index (χ4n) is 5.92. The molecule has 0 aromatic heterocycles. The van der Waals surface area contributed by atoms with Gasteiger partial charge in [0.25, 0.3) is 0 Å². The third-order valence-electron chi connectivity index (χ3n) is 7.62. The van der Waals surface area contributed by atoms with E-state index in [4.69, 9.17) is 11.6 Å². The Morgan fingerprint density at radius 2 is 1.91 bits per heavy atom. The van der Waals surface area contributed by atoms with Gasteiger partial charge in [0, 0.05) is 23.7 Å². The van der Waals surface area contributed by atoms with Gasteiger partial charge in [0.15, 0.2) is 0 Å². The summed E-state index contributed by atoms with van der Waals surface area (Å²) in [7, 11) is 0. The molecule has 176 valence electrons. The molecule has 2 atom stereocenters. The molecule has 1 saturated carbocycles. The van der Waals surface area contributed by atoms with Crippen LogP contribution in [0.4, 0.5) is 0 Å². The molecule has 1 aromatic rings. The third-order valence-corrected chi connectivity index (χ3v) is 7.73. The number of hydrogen-bond donors (Lipinski definition) is 1. The fraction of sp³-hybridized carbons (Fsp3) is 0.586. The van der Waals surface area contributed by atoms with Crippen LogP contribution in [0.2, 0.25) is 0 Å². The minimum atomic E-state index is 0.0381. The molecule has 1 aliphatic heterocycles. The molecule has 3 rings (SSSR count). The monoisotopic (exact) mass is 454 g/mol. The molecule has 2 aliphatic rings. The summed E-state index contributed by atoms with van der Waals surface area (Å²) in [6.07, 6.45) is 13.6. The maximum absolute atomic E-state index is 6.23. The van der Waals surface area contributed by atoms with E-state index in [-0.39, 0.29) is 11.7 Å². The van der Waals surface area contributed by atoms with Gasteiger partial charge in [-0.1, -0.05) is 94.8 Å². The maximum Gasteiger partial charge on any atom is 0.0723 e. The molecule has 2 fully saturated rings. The SMILES string of the molecule is C=C(Cl)/C=C(\C=C/C)C1CN(C(CCC)c2ccccc2)C2(CCC(C(C)(C)C)CC2)N1. The van der Waals surface area contributed by atoms with E-state index in [0.717, 1.165) is 12.5 Å². The minimum Gasteiger partial charge on any atom is -0.291 e. The van der Waals surface area contributed by atoms with Crippen molar-refractivity contribution in [1.82, 2.24) is 10.2 Å². The van der Waals surface area contributed by atoms with Crippen LogP contribution < -0.4 is 5.32 Å². The van der Waals surface area contributed by atoms with E-state index in [1.54, 1.807) is 0 Å². The molecule has 1 N–H and O–H groups in total. The Morgan fingerprint density at radius 3 is 2.44 bits per heavy atom. The van der Waals surface area contributed by atoms with Gasteiger partial charge >= 0.3 is 0 Å². The average molecular weight is 455 g/mol. The van der Waals surface area contributed by atoms with Crippen LogP contribution in [0.15, 0.2) is 65.7 Å². The molecule has 1 saturated heterocycles. The summed E-state index contributed by atoms with van der Waals surface area (Å²) < 4.78 is 0. The van der Waals surface area contributed by atoms with E-state index >= 15 is 0 Å². The average Bonchev–Trinajstić information content (AvgIpc) is 3.10. The molecular weight excluding hydrogens is 412 g/mol. The lowest BCUT2D eigenvalue weighted by Gasteiger charge is -2.49. The maximum atomic E-state index is 6.23. The number of hydrogen-bond acceptors (Lipinski definition) is 2. The van der Waals surface area contributed by atoms with E-state index in [1.165, 1.54) is 49.7 Å². The number of allylic oxidation sites excluding steroid dienone is 3. The van der Waals surface area contributed by atoms with Gasteiger partial charge in [-0.2, -0.15) is 0 Å². The molecule has 2 unspecified atom stereocenters. The van der Waals surface area contributed by atoms with Crippen molar-refractivity contribution in [1.29, 1.82) is 0 Å². The van der Waals surface area contributed by atoms with Gasteiger partial charge < -0.3 is 0 Å². The molecule has 0 amide bonds. The van der Waals surface area contributed by atoms with E-state index in [2.05, 4.69) is 93.9 Å². The number of benzene rings is 1. The van der Waals surface area contributed by atoms with E-state index in [1.807, 2.05) is 6.08 Å². The lowest BCUT2D eigenvalue weighted by Crippen LogP contribution is -2.56. The summed E-state index contributed by atoms with van der Waals surface area (Å²) in [4.78, 5) is 2.81. The van der Waals surface area contributed by atoms with Gasteiger partial charge in [-0.15, -0.1) is 0 Å². The second kappa shape index (κ2) is 10.7. The largest absolute Gasteiger partial charge is 0.291 e. The topological polar surface area (TPSA) is 15.3 Å². The quantitative estimate of drug-likeness (QED) is 0.420. The Hall–Kier alpha value is -1.35. The second-order valence-corrected chi connectivity index (χ2v) is 11.3. The van der Waals surface area contributed by atoms with E-state index in [9.17, 15) is 0 Å². The zero-order valence-electron chi connectivity index (χ0n) is 20.8. The highest BCUT2D eigenvalue weighted by atomic mass is 35.5. The van der Waals surface area contributed by atoms with Crippen LogP contribution in [-0.2, 0) is 0 Å². The Labute approximate surface area is 201 Å². The van der Waals surface area contributed by atoms with Gasteiger partial charge in [-0.25, -0.2) is 0 Å². The number of nitrogens with one attached hydrogen (secondary N) is 1. The van der Waals surface area contributed by atoms with Crippen LogP contribution in [0.3, 0.4) is 0 Å². The Balaban J connectivity index is 1.98. The first-order valence-electron chi connectivity index (χ1n) is 12.5. The fourth-order valence-corrected chi connectivity index (χ4v) is 6.05. The van der Waals surface area contributed by atoms with Gasteiger partial charge in [-0.3, -0.25) is 10.2 Å². The standard InChI is InChI=1S/C29H43ClN2/c1-7-12-24(20-22(3)30)26-21-32(27(13-8-2)23-14-10-9-11-15-23)29(31-26)18-16-25(17-19-29)28(4,5)6/h7,9-12,14-15,20,25-27,31H,3,8,13,16-19,21H2,1-2,4-6H3/b12-7-,24-20+.